The van der Waals surface area contributed by atoms with Gasteiger partial charge in [-0.15, -0.1) is 12.4 Å². The number of carboxylic acids is 1. The second kappa shape index (κ2) is 40.0. The van der Waals surface area contributed by atoms with Gasteiger partial charge in [-0.25, -0.2) is 13.2 Å². The van der Waals surface area contributed by atoms with Crippen LogP contribution in [0.25, 0.3) is 55.0 Å². The number of carbonyl (C=O) groups excluding carboxylic acids is 2. The van der Waals surface area contributed by atoms with E-state index in [-0.39, 0.29) is 134 Å². The largest absolute Gasteiger partial charge is 1.00 e. The molecule has 0 aliphatic heterocycles. The van der Waals surface area contributed by atoms with E-state index in [9.17, 15) is 18.8 Å². The molecule has 104 heavy (non-hydrogen) atoms. The molecule has 12 aromatic rings. The van der Waals surface area contributed by atoms with E-state index in [1.54, 1.807) is 88.6 Å². The van der Waals surface area contributed by atoms with Crippen LogP contribution in [-0.4, -0.2) is 88.2 Å². The molecule has 12 rings (SSSR count). The molecular weight excluding hydrogens is 1440 g/mol. The zero-order valence-corrected chi connectivity index (χ0v) is 62.5. The van der Waals surface area contributed by atoms with E-state index >= 15 is 8.78 Å². The molecule has 0 radical (unpaired) electrons. The van der Waals surface area contributed by atoms with Crippen LogP contribution in [0.15, 0.2) is 187 Å². The van der Waals surface area contributed by atoms with Crippen molar-refractivity contribution in [3.63, 3.8) is 0 Å². The third kappa shape index (κ3) is 21.8. The van der Waals surface area contributed by atoms with Crippen LogP contribution in [0.2, 0.25) is 0 Å². The number of ether oxygens (including phenoxy) is 5. The van der Waals surface area contributed by atoms with E-state index in [0.717, 1.165) is 70.6 Å². The maximum absolute atomic E-state index is 15.1. The van der Waals surface area contributed by atoms with Crippen LogP contribution in [0.1, 0.15) is 63.9 Å². The van der Waals surface area contributed by atoms with Gasteiger partial charge in [0.05, 0.1) is 49.0 Å². The molecule has 538 valence electrons. The molecule has 0 bridgehead atoms. The number of hydrogen-bond donors (Lipinski definition) is 6. The minimum atomic E-state index is -1.78. The molecule has 0 unspecified atom stereocenters. The maximum Gasteiger partial charge on any atom is 1.00 e. The normalized spacial score (nSPS) is 10.6. The molecule has 0 aliphatic carbocycles. The van der Waals surface area contributed by atoms with Gasteiger partial charge in [-0.3, -0.25) is 28.4 Å². The molecule has 28 heteroatoms. The number of carbonyl (C=O) groups is 3. The van der Waals surface area contributed by atoms with Gasteiger partial charge in [0.25, 0.3) is 0 Å². The fourth-order valence-corrected chi connectivity index (χ4v) is 11.8. The number of para-hydroxylation sites is 3. The van der Waals surface area contributed by atoms with Gasteiger partial charge >= 0.3 is 54.6 Å². The zero-order valence-electron chi connectivity index (χ0n) is 58.1. The minimum absolute atomic E-state index is 0. The summed E-state index contributed by atoms with van der Waals surface area (Å²) in [5.74, 6) is -1.01. The second-order valence-corrected chi connectivity index (χ2v) is 24.0. The molecule has 10 N–H and O–H groups in total. The number of carboxylic acid groups (broad SMARTS) is 1. The maximum atomic E-state index is 15.1. The molecule has 0 atom stereocenters. The third-order valence-corrected chi connectivity index (χ3v) is 16.5. The topological polar surface area (TPSA) is 320 Å². The van der Waals surface area contributed by atoms with Crippen molar-refractivity contribution in [2.75, 3.05) is 13.2 Å². The average Bonchev–Trinajstić information content (AvgIpc) is 1.55. The number of fused-ring (bicyclic) bond motifs is 3. The smallest absolute Gasteiger partial charge is 0.870 e. The van der Waals surface area contributed by atoms with Crippen molar-refractivity contribution >= 4 is 91.5 Å². The third-order valence-electron chi connectivity index (χ3n) is 15.9. The Bertz CT molecular complexity index is 4910. The molecule has 3 heterocycles. The summed E-state index contributed by atoms with van der Waals surface area (Å²) < 4.78 is 77.5. The van der Waals surface area contributed by atoms with Crippen molar-refractivity contribution in [2.45, 2.75) is 72.6 Å². The number of benzene rings is 9. The summed E-state index contributed by atoms with van der Waals surface area (Å²) in [6, 6.07) is 48.3. The fraction of sp³-hybridized carbons (Fsp3) is 0.211. The SMILES string of the molecule is CCOC(=O)Cc1ccccc1OCc1cc(-c2cccc(CN)c2F)c2cn(C)nc2c1.CCOC(=O)Cc1ccccc1OCc1cc(Br)c2cn(C)nc2c1.Cl.Cn1cc2c(-c3cccc(CN)c3F)cc(COc3ccccc3CC(=O)O)cc2n1.NCc1cccc(B(O)O)c1F.[Na+].[OH-]. The Morgan fingerprint density at radius 1 is 0.471 bits per heavy atom. The Morgan fingerprint density at radius 2 is 0.808 bits per heavy atom. The van der Waals surface area contributed by atoms with Crippen molar-refractivity contribution in [3.05, 3.63) is 254 Å². The van der Waals surface area contributed by atoms with Crippen LogP contribution in [0.4, 0.5) is 13.2 Å². The Balaban J connectivity index is 0.000000225. The number of nitrogens with two attached hydrogens (primary N) is 3. The summed E-state index contributed by atoms with van der Waals surface area (Å²) in [5.41, 5.74) is 27.2. The van der Waals surface area contributed by atoms with Crippen LogP contribution in [0.5, 0.6) is 17.2 Å². The van der Waals surface area contributed by atoms with E-state index < -0.39 is 18.9 Å². The number of aryl methyl sites for hydroxylation is 3. The summed E-state index contributed by atoms with van der Waals surface area (Å²) in [5, 5.41) is 42.7. The molecule has 21 nitrogen and oxygen atoms in total. The Morgan fingerprint density at radius 3 is 1.18 bits per heavy atom. The first kappa shape index (κ1) is 83.5. The van der Waals surface area contributed by atoms with Crippen LogP contribution in [-0.2, 0) is 104 Å². The van der Waals surface area contributed by atoms with E-state index in [1.807, 2.05) is 125 Å². The molecule has 0 fully saturated rings. The van der Waals surface area contributed by atoms with Gasteiger partial charge in [0.2, 0.25) is 0 Å². The van der Waals surface area contributed by atoms with Gasteiger partial charge in [-0.1, -0.05) is 125 Å². The zero-order chi connectivity index (χ0) is 72.3. The van der Waals surface area contributed by atoms with Gasteiger partial charge < -0.3 is 61.5 Å². The van der Waals surface area contributed by atoms with E-state index in [2.05, 4.69) is 31.2 Å². The van der Waals surface area contributed by atoms with Gasteiger partial charge in [0, 0.05) is 130 Å². The first-order chi connectivity index (χ1) is 48.7. The van der Waals surface area contributed by atoms with Crippen molar-refractivity contribution in [1.82, 2.24) is 29.3 Å². The van der Waals surface area contributed by atoms with Gasteiger partial charge in [-0.05, 0) is 96.3 Å². The summed E-state index contributed by atoms with van der Waals surface area (Å²) in [7, 11) is 3.76. The summed E-state index contributed by atoms with van der Waals surface area (Å²) in [6.45, 7) is 5.37. The first-order valence-electron chi connectivity index (χ1n) is 32.2. The molecule has 0 saturated carbocycles. The number of aliphatic carboxylic acids is 1. The summed E-state index contributed by atoms with van der Waals surface area (Å²) >= 11 is 3.58. The van der Waals surface area contributed by atoms with Gasteiger partial charge in [0.15, 0.2) is 0 Å². The van der Waals surface area contributed by atoms with Crippen LogP contribution >= 0.6 is 28.3 Å². The van der Waals surface area contributed by atoms with Crippen LogP contribution < -0.4 is 66.4 Å². The standard InChI is InChI=1S/C26H26FN3O3.C24H22FN3O3.C19H19BrN2O3.C7H9BFNO2.ClH.Na.H2O/c1-3-32-25(31)13-18-7-4-5-10-24(18)33-16-17-11-21(22-15-30(2)29-23(22)12-17)20-9-6-8-19(14-28)26(20)27;1-28-13-20-19(18-7-4-6-17(12-26)24(18)25)9-15(10-21(20)27-28)14-31-22-8-3-2-5-16(22)11-23(29)30;1-3-24-19(23)10-14-6-4-5-7-18(14)25-12-13-8-16(20)15-11-22(2)21-17(15)9-13;9-7-5(4-10)2-1-3-6(7)8(11)12;;;/h4-12,15H,3,13-14,16,28H2,1-2H3;2-10,13H,11-12,14,26H2,1H3,(H,29,30);4-9,11H,3,10,12H2,1-2H3;1-3,11-12H,4,10H2;1H;;1H2/q;;;;;+1;/p-1. The molecule has 9 aromatic carbocycles. The Labute approximate surface area is 635 Å². The number of aromatic nitrogens is 6. The van der Waals surface area contributed by atoms with Crippen LogP contribution in [0.3, 0.4) is 0 Å². The first-order valence-corrected chi connectivity index (χ1v) is 33.0. The van der Waals surface area contributed by atoms with Crippen molar-refractivity contribution in [3.8, 4) is 39.5 Å². The number of nitrogens with zero attached hydrogens (tertiary/aromatic N) is 6. The molecule has 0 saturated heterocycles. The summed E-state index contributed by atoms with van der Waals surface area (Å²) in [6.07, 6.45) is 5.90. The molecular formula is C76H78BBrClF3N9NaO12. The van der Waals surface area contributed by atoms with E-state index in [0.29, 0.717) is 70.4 Å². The van der Waals surface area contributed by atoms with Crippen molar-refractivity contribution in [2.24, 2.45) is 38.3 Å². The second-order valence-electron chi connectivity index (χ2n) is 23.2. The van der Waals surface area contributed by atoms with E-state index in [4.69, 9.17) is 56.0 Å². The molecule has 0 aliphatic rings. The van der Waals surface area contributed by atoms with Gasteiger partial charge in [-0.2, -0.15) is 15.3 Å². The number of halogens is 5. The van der Waals surface area contributed by atoms with Crippen molar-refractivity contribution < 1.29 is 101 Å². The predicted octanol–water partition coefficient (Wildman–Crippen LogP) is 8.80. The fourth-order valence-electron chi connectivity index (χ4n) is 11.2. The molecule has 0 spiro atoms. The summed E-state index contributed by atoms with van der Waals surface area (Å²) in [4.78, 5) is 34.8. The number of rotatable bonds is 23. The van der Waals surface area contributed by atoms with Crippen molar-refractivity contribution in [1.29, 1.82) is 0 Å². The predicted molar refractivity (Wildman–Crippen MR) is 394 cm³/mol. The quantitative estimate of drug-likeness (QED) is 0.0257. The van der Waals surface area contributed by atoms with E-state index in [1.165, 1.54) is 18.2 Å². The molecule has 0 amide bonds. The monoisotopic (exact) mass is 1510 g/mol. The Hall–Kier alpha value is -9.42. The molecule has 3 aromatic heterocycles. The Kier molecular flexibility index (Phi) is 32.1. The van der Waals surface area contributed by atoms with Gasteiger partial charge in [0.1, 0.15) is 54.5 Å². The minimum Gasteiger partial charge on any atom is -0.870 e. The number of hydrogen-bond acceptors (Lipinski definition) is 17. The average molecular weight is 1520 g/mol. The number of esters is 2. The van der Waals surface area contributed by atoms with Crippen LogP contribution in [0, 0.1) is 17.5 Å².